The van der Waals surface area contributed by atoms with E-state index in [1.807, 2.05) is 6.92 Å². The third-order valence-corrected chi connectivity index (χ3v) is 1.33. The van der Waals surface area contributed by atoms with Crippen LogP contribution in [0.5, 0.6) is 0 Å². The zero-order valence-corrected chi connectivity index (χ0v) is 5.40. The second kappa shape index (κ2) is 1.76. The third-order valence-electron chi connectivity index (χ3n) is 1.33. The van der Waals surface area contributed by atoms with E-state index < -0.39 is 0 Å². The molecule has 0 bridgehead atoms. The number of nitrogens with zero attached hydrogens (tertiary/aromatic N) is 3. The summed E-state index contributed by atoms with van der Waals surface area (Å²) in [6.07, 6.45) is 3.13. The van der Waals surface area contributed by atoms with Crippen LogP contribution in [-0.4, -0.2) is 15.4 Å². The van der Waals surface area contributed by atoms with Gasteiger partial charge in [0.1, 0.15) is 12.0 Å². The molecule has 0 aromatic heterocycles. The van der Waals surface area contributed by atoms with Crippen LogP contribution in [-0.2, 0) is 0 Å². The lowest BCUT2D eigenvalue weighted by molar-refractivity contribution is 0.400. The molecule has 2 heterocycles. The van der Waals surface area contributed by atoms with Gasteiger partial charge in [-0.1, -0.05) is 5.16 Å². The van der Waals surface area contributed by atoms with Gasteiger partial charge in [0.15, 0.2) is 5.69 Å². The number of hydrogen-bond donors (Lipinski definition) is 0. The smallest absolute Gasteiger partial charge is 0.151 e. The summed E-state index contributed by atoms with van der Waals surface area (Å²) in [6, 6.07) is 0. The Labute approximate surface area is 57.2 Å². The average molecular weight is 135 g/mol. The Balaban J connectivity index is 2.80. The first-order valence-corrected chi connectivity index (χ1v) is 2.90. The molecule has 0 amide bonds. The second-order valence-corrected chi connectivity index (χ2v) is 2.08. The zero-order valence-electron chi connectivity index (χ0n) is 5.40. The summed E-state index contributed by atoms with van der Waals surface area (Å²) in [7, 11) is 0. The lowest BCUT2D eigenvalue weighted by atomic mass is 10.2. The number of fused-ring (bicyclic) bond motifs is 1. The van der Waals surface area contributed by atoms with Crippen LogP contribution >= 0.6 is 0 Å². The maximum Gasteiger partial charge on any atom is 0.151 e. The monoisotopic (exact) mass is 135 g/mol. The Bertz CT molecular complexity index is 317. The summed E-state index contributed by atoms with van der Waals surface area (Å²) >= 11 is 0. The molecule has 0 aromatic rings. The number of rotatable bonds is 0. The number of hydrogen-bond acceptors (Lipinski definition) is 4. The van der Waals surface area contributed by atoms with Crippen LogP contribution < -0.4 is 0 Å². The molecule has 0 spiro atoms. The minimum absolute atomic E-state index is 0.708. The highest BCUT2D eigenvalue weighted by Gasteiger charge is 2.09. The minimum atomic E-state index is 0.708. The topological polar surface area (TPSA) is 51.8 Å². The summed E-state index contributed by atoms with van der Waals surface area (Å²) in [4.78, 5) is 0. The first-order chi connectivity index (χ1) is 4.88. The minimum Gasteiger partial charge on any atom is -0.364 e. The third kappa shape index (κ3) is 0.586. The van der Waals surface area contributed by atoms with E-state index in [2.05, 4.69) is 15.4 Å². The SMILES string of the molecule is Cc1conc2cnnc1-2. The first-order valence-electron chi connectivity index (χ1n) is 2.90. The van der Waals surface area contributed by atoms with Crippen LogP contribution in [0.4, 0.5) is 0 Å². The molecule has 0 fully saturated rings. The van der Waals surface area contributed by atoms with Crippen LogP contribution in [0, 0.1) is 6.92 Å². The van der Waals surface area contributed by atoms with Crippen molar-refractivity contribution in [3.8, 4) is 11.4 Å². The van der Waals surface area contributed by atoms with Crippen LogP contribution in [0.3, 0.4) is 0 Å². The maximum absolute atomic E-state index is 4.75. The highest BCUT2D eigenvalue weighted by molar-refractivity contribution is 5.56. The summed E-state index contributed by atoms with van der Waals surface area (Å²) in [5.74, 6) is 0. The molecule has 2 aliphatic heterocycles. The standard InChI is InChI=1S/C6H5N3O/c1-4-3-10-9-5-2-7-8-6(4)5/h2-3H,1H3. The summed E-state index contributed by atoms with van der Waals surface area (Å²) in [6.45, 7) is 1.90. The van der Waals surface area contributed by atoms with E-state index in [0.717, 1.165) is 11.3 Å². The van der Waals surface area contributed by atoms with Crippen molar-refractivity contribution in [1.29, 1.82) is 0 Å². The van der Waals surface area contributed by atoms with Crippen molar-refractivity contribution in [1.82, 2.24) is 15.4 Å². The van der Waals surface area contributed by atoms with Crippen LogP contribution in [0.2, 0.25) is 0 Å². The zero-order chi connectivity index (χ0) is 6.97. The fourth-order valence-corrected chi connectivity index (χ4v) is 0.819. The Morgan fingerprint density at radius 3 is 3.20 bits per heavy atom. The van der Waals surface area contributed by atoms with Gasteiger partial charge in [-0.25, -0.2) is 0 Å². The Kier molecular flexibility index (Phi) is 0.943. The van der Waals surface area contributed by atoms with E-state index in [1.165, 1.54) is 0 Å². The molecular formula is C6H5N3O. The van der Waals surface area contributed by atoms with E-state index in [4.69, 9.17) is 4.52 Å². The largest absolute Gasteiger partial charge is 0.364 e. The summed E-state index contributed by atoms with van der Waals surface area (Å²) in [5.41, 5.74) is 2.48. The molecular weight excluding hydrogens is 130 g/mol. The molecule has 0 atom stereocenters. The molecule has 10 heavy (non-hydrogen) atoms. The molecule has 4 heteroatoms. The molecule has 2 rings (SSSR count). The summed E-state index contributed by atoms with van der Waals surface area (Å²) < 4.78 is 4.75. The molecule has 4 nitrogen and oxygen atoms in total. The van der Waals surface area contributed by atoms with Gasteiger partial charge < -0.3 is 4.52 Å². The fraction of sp³-hybridized carbons (Fsp3) is 0.167. The van der Waals surface area contributed by atoms with Crippen molar-refractivity contribution >= 4 is 0 Å². The van der Waals surface area contributed by atoms with E-state index >= 15 is 0 Å². The van der Waals surface area contributed by atoms with Gasteiger partial charge >= 0.3 is 0 Å². The first kappa shape index (κ1) is 5.34. The van der Waals surface area contributed by atoms with Crippen molar-refractivity contribution in [2.75, 3.05) is 0 Å². The van der Waals surface area contributed by atoms with Crippen LogP contribution in [0.1, 0.15) is 5.56 Å². The summed E-state index contributed by atoms with van der Waals surface area (Å²) in [5, 5.41) is 11.2. The van der Waals surface area contributed by atoms with Crippen molar-refractivity contribution in [2.24, 2.45) is 0 Å². The van der Waals surface area contributed by atoms with Gasteiger partial charge in [-0.3, -0.25) is 0 Å². The molecule has 0 N–H and O–H groups in total. The molecule has 0 aliphatic carbocycles. The van der Waals surface area contributed by atoms with Crippen molar-refractivity contribution in [3.05, 3.63) is 18.0 Å². The lowest BCUT2D eigenvalue weighted by Gasteiger charge is -1.93. The highest BCUT2D eigenvalue weighted by Crippen LogP contribution is 2.17. The van der Waals surface area contributed by atoms with Gasteiger partial charge in [0.2, 0.25) is 0 Å². The van der Waals surface area contributed by atoms with Crippen LogP contribution in [0.15, 0.2) is 17.0 Å². The molecule has 2 aliphatic rings. The van der Waals surface area contributed by atoms with E-state index in [-0.39, 0.29) is 0 Å². The van der Waals surface area contributed by atoms with Crippen molar-refractivity contribution < 1.29 is 4.52 Å². The van der Waals surface area contributed by atoms with Gasteiger partial charge in [0, 0.05) is 5.56 Å². The Morgan fingerprint density at radius 1 is 1.50 bits per heavy atom. The predicted molar refractivity (Wildman–Crippen MR) is 33.5 cm³/mol. The van der Waals surface area contributed by atoms with Gasteiger partial charge in [-0.15, -0.1) is 5.10 Å². The molecule has 50 valence electrons. The molecule has 0 saturated carbocycles. The Hall–Kier alpha value is -1.45. The van der Waals surface area contributed by atoms with Gasteiger partial charge in [-0.05, 0) is 6.92 Å². The van der Waals surface area contributed by atoms with Crippen LogP contribution in [0.25, 0.3) is 11.4 Å². The fourth-order valence-electron chi connectivity index (χ4n) is 0.819. The van der Waals surface area contributed by atoms with E-state index in [9.17, 15) is 0 Å². The van der Waals surface area contributed by atoms with Gasteiger partial charge in [-0.2, -0.15) is 5.10 Å². The Morgan fingerprint density at radius 2 is 2.40 bits per heavy atom. The number of aromatic nitrogens is 3. The lowest BCUT2D eigenvalue weighted by Crippen LogP contribution is -1.84. The molecule has 0 unspecified atom stereocenters. The second-order valence-electron chi connectivity index (χ2n) is 2.08. The van der Waals surface area contributed by atoms with Crippen molar-refractivity contribution in [2.45, 2.75) is 6.92 Å². The number of aryl methyl sites for hydroxylation is 1. The average Bonchev–Trinajstić information content (AvgIpc) is 2.36. The van der Waals surface area contributed by atoms with E-state index in [1.54, 1.807) is 12.5 Å². The van der Waals surface area contributed by atoms with Gasteiger partial charge in [0.25, 0.3) is 0 Å². The quantitative estimate of drug-likeness (QED) is 0.538. The highest BCUT2D eigenvalue weighted by atomic mass is 16.4. The normalized spacial score (nSPS) is 10.5. The van der Waals surface area contributed by atoms with Gasteiger partial charge in [0.05, 0.1) is 6.20 Å². The van der Waals surface area contributed by atoms with E-state index in [0.29, 0.717) is 5.69 Å². The molecule has 0 saturated heterocycles. The van der Waals surface area contributed by atoms with Crippen molar-refractivity contribution in [3.63, 3.8) is 0 Å². The molecule has 0 aromatic carbocycles. The predicted octanol–water partition coefficient (Wildman–Crippen LogP) is 0.878. The molecule has 0 radical (unpaired) electrons. The maximum atomic E-state index is 4.75.